The molecule has 0 radical (unpaired) electrons. The van der Waals surface area contributed by atoms with Crippen LogP contribution in [0.4, 0.5) is 17.6 Å². The molecule has 0 unspecified atom stereocenters. The summed E-state index contributed by atoms with van der Waals surface area (Å²) in [5.41, 5.74) is -0.267. The molecule has 0 spiro atoms. The highest BCUT2D eigenvalue weighted by Gasteiger charge is 2.25. The summed E-state index contributed by atoms with van der Waals surface area (Å²) in [5.74, 6) is -7.07. The third-order valence-corrected chi connectivity index (χ3v) is 2.02. The van der Waals surface area contributed by atoms with Gasteiger partial charge in [0.1, 0.15) is 0 Å². The van der Waals surface area contributed by atoms with Gasteiger partial charge in [-0.05, 0) is 6.42 Å². The van der Waals surface area contributed by atoms with Crippen molar-refractivity contribution in [1.29, 1.82) is 0 Å². The number of ether oxygens (including phenoxy) is 1. The third-order valence-electron chi connectivity index (χ3n) is 2.02. The van der Waals surface area contributed by atoms with Crippen molar-refractivity contribution in [3.8, 4) is 5.75 Å². The minimum absolute atomic E-state index is 0.0864. The number of hydrogen-bond donors (Lipinski definition) is 0. The van der Waals surface area contributed by atoms with E-state index in [9.17, 15) is 17.6 Å². The number of benzene rings is 1. The van der Waals surface area contributed by atoms with Crippen molar-refractivity contribution in [2.24, 2.45) is 0 Å². The SMILES string of the molecule is CCCc1c(F)c(F)c(F)c(F)c1OC. The van der Waals surface area contributed by atoms with E-state index in [0.717, 1.165) is 7.11 Å². The van der Waals surface area contributed by atoms with Crippen LogP contribution in [0.2, 0.25) is 0 Å². The minimum Gasteiger partial charge on any atom is -0.493 e. The van der Waals surface area contributed by atoms with Gasteiger partial charge in [-0.25, -0.2) is 13.2 Å². The van der Waals surface area contributed by atoms with Gasteiger partial charge in [0, 0.05) is 5.56 Å². The van der Waals surface area contributed by atoms with Crippen LogP contribution in [0, 0.1) is 23.3 Å². The molecule has 1 rings (SSSR count). The normalized spacial score (nSPS) is 10.5. The van der Waals surface area contributed by atoms with Gasteiger partial charge in [0.25, 0.3) is 0 Å². The van der Waals surface area contributed by atoms with Crippen molar-refractivity contribution in [1.82, 2.24) is 0 Å². The van der Waals surface area contributed by atoms with Crippen molar-refractivity contribution < 1.29 is 22.3 Å². The lowest BCUT2D eigenvalue weighted by Gasteiger charge is -2.11. The second-order valence-electron chi connectivity index (χ2n) is 3.02. The highest BCUT2D eigenvalue weighted by Crippen LogP contribution is 2.31. The molecule has 0 saturated heterocycles. The zero-order chi connectivity index (χ0) is 11.6. The lowest BCUT2D eigenvalue weighted by molar-refractivity contribution is 0.338. The molecule has 84 valence electrons. The van der Waals surface area contributed by atoms with E-state index < -0.39 is 29.0 Å². The Morgan fingerprint density at radius 1 is 0.933 bits per heavy atom. The monoisotopic (exact) mass is 222 g/mol. The van der Waals surface area contributed by atoms with E-state index in [4.69, 9.17) is 0 Å². The van der Waals surface area contributed by atoms with E-state index >= 15 is 0 Å². The molecule has 0 aromatic heterocycles. The Bertz CT molecular complexity index is 376. The molecular weight excluding hydrogens is 212 g/mol. The van der Waals surface area contributed by atoms with E-state index in [1.165, 1.54) is 0 Å². The second-order valence-corrected chi connectivity index (χ2v) is 3.02. The first-order valence-electron chi connectivity index (χ1n) is 4.43. The Balaban J connectivity index is 3.47. The van der Waals surface area contributed by atoms with Crippen molar-refractivity contribution >= 4 is 0 Å². The van der Waals surface area contributed by atoms with E-state index in [0.29, 0.717) is 6.42 Å². The average Bonchev–Trinajstić information content (AvgIpc) is 2.24. The molecule has 0 amide bonds. The lowest BCUT2D eigenvalue weighted by atomic mass is 10.1. The van der Waals surface area contributed by atoms with Crippen molar-refractivity contribution in [3.05, 3.63) is 28.8 Å². The van der Waals surface area contributed by atoms with Crippen LogP contribution < -0.4 is 4.74 Å². The van der Waals surface area contributed by atoms with Crippen LogP contribution >= 0.6 is 0 Å². The van der Waals surface area contributed by atoms with Gasteiger partial charge in [0.05, 0.1) is 7.11 Å². The molecular formula is C10H10F4O. The number of methoxy groups -OCH3 is 1. The fourth-order valence-electron chi connectivity index (χ4n) is 1.34. The van der Waals surface area contributed by atoms with Crippen molar-refractivity contribution in [2.75, 3.05) is 7.11 Å². The summed E-state index contributed by atoms with van der Waals surface area (Å²) < 4.78 is 56.5. The van der Waals surface area contributed by atoms with E-state index in [-0.39, 0.29) is 12.0 Å². The number of hydrogen-bond acceptors (Lipinski definition) is 1. The highest BCUT2D eigenvalue weighted by molar-refractivity contribution is 5.38. The van der Waals surface area contributed by atoms with E-state index in [1.807, 2.05) is 0 Å². The molecule has 0 fully saturated rings. The van der Waals surface area contributed by atoms with Crippen LogP contribution in [0.15, 0.2) is 0 Å². The first-order valence-corrected chi connectivity index (χ1v) is 4.43. The zero-order valence-electron chi connectivity index (χ0n) is 8.33. The summed E-state index contributed by atoms with van der Waals surface area (Å²) in [7, 11) is 1.08. The molecule has 1 nitrogen and oxygen atoms in total. The van der Waals surface area contributed by atoms with Crippen LogP contribution in [-0.2, 0) is 6.42 Å². The molecule has 0 aliphatic carbocycles. The maximum atomic E-state index is 13.2. The van der Waals surface area contributed by atoms with Gasteiger partial charge in [0.15, 0.2) is 17.4 Å². The molecule has 0 heterocycles. The van der Waals surface area contributed by atoms with Gasteiger partial charge in [-0.15, -0.1) is 0 Å². The summed E-state index contributed by atoms with van der Waals surface area (Å²) in [6.45, 7) is 1.71. The lowest BCUT2D eigenvalue weighted by Crippen LogP contribution is -2.06. The van der Waals surface area contributed by atoms with Gasteiger partial charge in [-0.3, -0.25) is 0 Å². The Kier molecular flexibility index (Phi) is 3.55. The highest BCUT2D eigenvalue weighted by atomic mass is 19.2. The smallest absolute Gasteiger partial charge is 0.204 e. The minimum atomic E-state index is -1.84. The molecule has 0 atom stereocenters. The molecule has 15 heavy (non-hydrogen) atoms. The Labute approximate surface area is 84.7 Å². The predicted octanol–water partition coefficient (Wildman–Crippen LogP) is 3.20. The van der Waals surface area contributed by atoms with E-state index in [2.05, 4.69) is 4.74 Å². The number of rotatable bonds is 3. The maximum Gasteiger partial charge on any atom is 0.204 e. The molecule has 0 saturated carbocycles. The van der Waals surface area contributed by atoms with Crippen LogP contribution in [0.5, 0.6) is 5.75 Å². The summed E-state index contributed by atoms with van der Waals surface area (Å²) >= 11 is 0. The second kappa shape index (κ2) is 4.51. The largest absolute Gasteiger partial charge is 0.493 e. The molecule has 0 aliphatic heterocycles. The quantitative estimate of drug-likeness (QED) is 0.433. The fourth-order valence-corrected chi connectivity index (χ4v) is 1.34. The van der Waals surface area contributed by atoms with Crippen LogP contribution in [0.3, 0.4) is 0 Å². The Morgan fingerprint density at radius 2 is 1.47 bits per heavy atom. The van der Waals surface area contributed by atoms with Gasteiger partial charge in [-0.1, -0.05) is 13.3 Å². The summed E-state index contributed by atoms with van der Waals surface area (Å²) in [6.07, 6.45) is 0.556. The first kappa shape index (κ1) is 11.8. The molecule has 1 aromatic carbocycles. The first-order chi connectivity index (χ1) is 7.04. The number of halogens is 4. The van der Waals surface area contributed by atoms with Crippen LogP contribution in [0.1, 0.15) is 18.9 Å². The van der Waals surface area contributed by atoms with E-state index in [1.54, 1.807) is 6.92 Å². The molecule has 1 aromatic rings. The van der Waals surface area contributed by atoms with Crippen molar-refractivity contribution in [3.63, 3.8) is 0 Å². The Morgan fingerprint density at radius 3 is 1.93 bits per heavy atom. The van der Waals surface area contributed by atoms with Gasteiger partial charge in [0.2, 0.25) is 11.6 Å². The summed E-state index contributed by atoms with van der Waals surface area (Å²) in [6, 6.07) is 0. The standard InChI is InChI=1S/C10H10F4O/c1-3-4-5-6(11)7(12)8(13)9(14)10(5)15-2/h3-4H2,1-2H3. The predicted molar refractivity (Wildman–Crippen MR) is 46.8 cm³/mol. The van der Waals surface area contributed by atoms with Gasteiger partial charge < -0.3 is 4.74 Å². The molecule has 0 bridgehead atoms. The topological polar surface area (TPSA) is 9.23 Å². The van der Waals surface area contributed by atoms with Crippen molar-refractivity contribution in [2.45, 2.75) is 19.8 Å². The maximum absolute atomic E-state index is 13.2. The molecule has 5 heteroatoms. The molecule has 0 aliphatic rings. The van der Waals surface area contributed by atoms with Gasteiger partial charge in [-0.2, -0.15) is 4.39 Å². The summed E-state index contributed by atoms with van der Waals surface area (Å²) in [5, 5.41) is 0. The summed E-state index contributed by atoms with van der Waals surface area (Å²) in [4.78, 5) is 0. The average molecular weight is 222 g/mol. The van der Waals surface area contributed by atoms with Gasteiger partial charge >= 0.3 is 0 Å². The Hall–Kier alpha value is -1.26. The van der Waals surface area contributed by atoms with Crippen LogP contribution in [0.25, 0.3) is 0 Å². The molecule has 0 N–H and O–H groups in total. The van der Waals surface area contributed by atoms with Crippen LogP contribution in [-0.4, -0.2) is 7.11 Å². The third kappa shape index (κ3) is 1.91. The zero-order valence-corrected chi connectivity index (χ0v) is 8.33. The fraction of sp³-hybridized carbons (Fsp3) is 0.400.